The van der Waals surface area contributed by atoms with E-state index in [0.717, 1.165) is 25.8 Å². The number of nitriles is 2. The van der Waals surface area contributed by atoms with E-state index in [-0.39, 0.29) is 11.9 Å². The molecule has 1 heterocycles. The number of rotatable bonds is 3. The Balaban J connectivity index is 2.16. The summed E-state index contributed by atoms with van der Waals surface area (Å²) in [5.41, 5.74) is -0.462. The molecule has 1 fully saturated rings. The van der Waals surface area contributed by atoms with Crippen LogP contribution in [0.4, 0.5) is 0 Å². The molecule has 18 heavy (non-hydrogen) atoms. The van der Waals surface area contributed by atoms with E-state index in [0.29, 0.717) is 6.42 Å². The van der Waals surface area contributed by atoms with Crippen LogP contribution in [0.3, 0.4) is 0 Å². The van der Waals surface area contributed by atoms with E-state index in [4.69, 9.17) is 5.26 Å². The summed E-state index contributed by atoms with van der Waals surface area (Å²) in [6.45, 7) is 2.78. The van der Waals surface area contributed by atoms with Crippen molar-refractivity contribution in [3.63, 3.8) is 0 Å². The lowest BCUT2D eigenvalue weighted by molar-refractivity contribution is 0.222. The first-order chi connectivity index (χ1) is 8.73. The third-order valence-electron chi connectivity index (χ3n) is 3.44. The average molecular weight is 244 g/mol. The summed E-state index contributed by atoms with van der Waals surface area (Å²) in [7, 11) is 0. The molecule has 2 rings (SSSR count). The Morgan fingerprint density at radius 3 is 3.06 bits per heavy atom. The van der Waals surface area contributed by atoms with Crippen molar-refractivity contribution in [3.05, 3.63) is 12.2 Å². The first kappa shape index (κ1) is 12.5. The van der Waals surface area contributed by atoms with Crippen LogP contribution < -0.4 is 5.32 Å². The van der Waals surface area contributed by atoms with E-state index >= 15 is 0 Å². The third kappa shape index (κ3) is 2.34. The molecule has 6 nitrogen and oxygen atoms in total. The van der Waals surface area contributed by atoms with Gasteiger partial charge in [0.1, 0.15) is 17.9 Å². The van der Waals surface area contributed by atoms with Gasteiger partial charge >= 0.3 is 0 Å². The minimum Gasteiger partial charge on any atom is -0.300 e. The van der Waals surface area contributed by atoms with Gasteiger partial charge in [-0.25, -0.2) is 9.67 Å². The second kappa shape index (κ2) is 5.16. The van der Waals surface area contributed by atoms with Gasteiger partial charge in [-0.15, -0.1) is 5.10 Å². The average Bonchev–Trinajstić information content (AvgIpc) is 2.88. The molecule has 1 aliphatic rings. The summed E-state index contributed by atoms with van der Waals surface area (Å²) >= 11 is 0. The third-order valence-corrected chi connectivity index (χ3v) is 3.44. The van der Waals surface area contributed by atoms with Gasteiger partial charge in [0, 0.05) is 6.42 Å². The molecular formula is C12H16N6. The van der Waals surface area contributed by atoms with Gasteiger partial charge in [0.05, 0.1) is 12.1 Å². The maximum Gasteiger partial charge on any atom is 0.252 e. The second-order valence-electron chi connectivity index (χ2n) is 4.63. The predicted molar refractivity (Wildman–Crippen MR) is 64.3 cm³/mol. The highest BCUT2D eigenvalue weighted by Gasteiger charge is 2.36. The number of nitrogens with one attached hydrogen (secondary N) is 1. The monoisotopic (exact) mass is 244 g/mol. The van der Waals surface area contributed by atoms with Crippen molar-refractivity contribution in [1.82, 2.24) is 20.1 Å². The zero-order valence-electron chi connectivity index (χ0n) is 10.4. The van der Waals surface area contributed by atoms with E-state index in [2.05, 4.69) is 21.5 Å². The summed E-state index contributed by atoms with van der Waals surface area (Å²) in [6.07, 6.45) is 5.12. The largest absolute Gasteiger partial charge is 0.300 e. The van der Waals surface area contributed by atoms with Crippen LogP contribution in [0.5, 0.6) is 0 Å². The van der Waals surface area contributed by atoms with Crippen molar-refractivity contribution in [1.29, 1.82) is 10.5 Å². The number of hydrogen-bond donors (Lipinski definition) is 1. The van der Waals surface area contributed by atoms with Crippen LogP contribution in [0.1, 0.15) is 44.5 Å². The van der Waals surface area contributed by atoms with E-state index in [1.54, 1.807) is 11.0 Å². The smallest absolute Gasteiger partial charge is 0.252 e. The van der Waals surface area contributed by atoms with Gasteiger partial charge in [0.25, 0.3) is 5.82 Å². The van der Waals surface area contributed by atoms with E-state index in [1.807, 2.05) is 13.0 Å². The van der Waals surface area contributed by atoms with E-state index in [1.165, 1.54) is 0 Å². The van der Waals surface area contributed by atoms with Crippen LogP contribution in [0.25, 0.3) is 0 Å². The quantitative estimate of drug-likeness (QED) is 0.860. The van der Waals surface area contributed by atoms with Crippen molar-refractivity contribution in [3.8, 4) is 12.1 Å². The van der Waals surface area contributed by atoms with Crippen molar-refractivity contribution >= 4 is 0 Å². The Morgan fingerprint density at radius 2 is 2.44 bits per heavy atom. The van der Waals surface area contributed by atoms with Crippen molar-refractivity contribution in [2.75, 3.05) is 6.54 Å². The number of nitrogens with zero attached hydrogens (tertiary/aromatic N) is 5. The molecule has 0 spiro atoms. The minimum atomic E-state index is -0.462. The van der Waals surface area contributed by atoms with Crippen molar-refractivity contribution < 1.29 is 0 Å². The minimum absolute atomic E-state index is 0.145. The molecule has 1 N–H and O–H groups in total. The molecule has 1 aromatic heterocycles. The predicted octanol–water partition coefficient (Wildman–Crippen LogP) is 1.14. The van der Waals surface area contributed by atoms with Crippen LogP contribution >= 0.6 is 0 Å². The molecule has 1 saturated carbocycles. The highest BCUT2D eigenvalue weighted by atomic mass is 15.3. The molecular weight excluding hydrogens is 228 g/mol. The molecule has 1 aliphatic carbocycles. The summed E-state index contributed by atoms with van der Waals surface area (Å²) in [5.74, 6) is 0.187. The topological polar surface area (TPSA) is 90.3 Å². The lowest BCUT2D eigenvalue weighted by Crippen LogP contribution is -2.47. The second-order valence-corrected chi connectivity index (χ2v) is 4.63. The summed E-state index contributed by atoms with van der Waals surface area (Å²) in [5, 5.41) is 25.5. The SMILES string of the molecule is CCNC1(C#N)CCCC(n2cnc(C#N)n2)C1. The molecule has 2 unspecified atom stereocenters. The Bertz CT molecular complexity index is 489. The van der Waals surface area contributed by atoms with Crippen LogP contribution in [0, 0.1) is 22.7 Å². The zero-order valence-corrected chi connectivity index (χ0v) is 10.4. The molecule has 0 saturated heterocycles. The van der Waals surface area contributed by atoms with Gasteiger partial charge in [-0.3, -0.25) is 5.32 Å². The van der Waals surface area contributed by atoms with E-state index < -0.39 is 5.54 Å². The molecule has 0 amide bonds. The highest BCUT2D eigenvalue weighted by Crippen LogP contribution is 2.34. The van der Waals surface area contributed by atoms with E-state index in [9.17, 15) is 5.26 Å². The first-order valence-electron chi connectivity index (χ1n) is 6.20. The molecule has 0 aromatic carbocycles. The molecule has 0 aliphatic heterocycles. The fourth-order valence-corrected chi connectivity index (χ4v) is 2.61. The lowest BCUT2D eigenvalue weighted by Gasteiger charge is -2.36. The molecule has 0 radical (unpaired) electrons. The lowest BCUT2D eigenvalue weighted by atomic mass is 9.80. The first-order valence-corrected chi connectivity index (χ1v) is 6.20. The molecule has 0 bridgehead atoms. The highest BCUT2D eigenvalue weighted by molar-refractivity contribution is 5.11. The normalized spacial score (nSPS) is 27.4. The maximum absolute atomic E-state index is 9.38. The summed E-state index contributed by atoms with van der Waals surface area (Å²) in [4.78, 5) is 3.92. The Morgan fingerprint density at radius 1 is 1.61 bits per heavy atom. The summed E-state index contributed by atoms with van der Waals surface area (Å²) in [6, 6.07) is 4.47. The molecule has 94 valence electrons. The van der Waals surface area contributed by atoms with Crippen LogP contribution in [-0.2, 0) is 0 Å². The fraction of sp³-hybridized carbons (Fsp3) is 0.667. The van der Waals surface area contributed by atoms with Gasteiger partial charge < -0.3 is 0 Å². The summed E-state index contributed by atoms with van der Waals surface area (Å²) < 4.78 is 1.72. The van der Waals surface area contributed by atoms with Crippen LogP contribution in [-0.4, -0.2) is 26.8 Å². The van der Waals surface area contributed by atoms with Gasteiger partial charge in [-0.1, -0.05) is 6.92 Å². The van der Waals surface area contributed by atoms with Crippen LogP contribution in [0.15, 0.2) is 6.33 Å². The Kier molecular flexibility index (Phi) is 3.59. The standard InChI is InChI=1S/C12H16N6/c1-2-16-12(8-14)5-3-4-10(6-12)18-9-15-11(7-13)17-18/h9-10,16H,2-6H2,1H3. The molecule has 2 atom stereocenters. The maximum atomic E-state index is 9.38. The fourth-order valence-electron chi connectivity index (χ4n) is 2.61. The van der Waals surface area contributed by atoms with Gasteiger partial charge in [0.15, 0.2) is 0 Å². The molecule has 6 heteroatoms. The van der Waals surface area contributed by atoms with Crippen LogP contribution in [0.2, 0.25) is 0 Å². The van der Waals surface area contributed by atoms with Gasteiger partial charge in [0.2, 0.25) is 0 Å². The van der Waals surface area contributed by atoms with Crippen molar-refractivity contribution in [2.24, 2.45) is 0 Å². The Labute approximate surface area is 106 Å². The zero-order chi connectivity index (χ0) is 13.0. The van der Waals surface area contributed by atoms with Gasteiger partial charge in [-0.2, -0.15) is 10.5 Å². The van der Waals surface area contributed by atoms with Gasteiger partial charge in [-0.05, 0) is 25.8 Å². The Hall–Kier alpha value is -1.92. The number of hydrogen-bond acceptors (Lipinski definition) is 5. The van der Waals surface area contributed by atoms with Crippen molar-refractivity contribution in [2.45, 2.75) is 44.2 Å². The number of aromatic nitrogens is 3. The molecule has 1 aromatic rings.